The number of Topliss-reactive ketones (excluding diaryl/α,β-unsaturated/α-hetero) is 1. The molecule has 0 radical (unpaired) electrons. The Labute approximate surface area is 139 Å². The van der Waals surface area contributed by atoms with E-state index in [9.17, 15) is 9.90 Å². The quantitative estimate of drug-likeness (QED) is 0.679. The van der Waals surface area contributed by atoms with E-state index < -0.39 is 0 Å². The highest BCUT2D eigenvalue weighted by Crippen LogP contribution is 2.66. The van der Waals surface area contributed by atoms with Gasteiger partial charge in [-0.2, -0.15) is 0 Å². The van der Waals surface area contributed by atoms with Gasteiger partial charge in [0.2, 0.25) is 0 Å². The van der Waals surface area contributed by atoms with Crippen LogP contribution in [0.3, 0.4) is 0 Å². The van der Waals surface area contributed by atoms with Crippen molar-refractivity contribution < 1.29 is 9.90 Å². The number of carbonyl (C=O) groups excluding carboxylic acids is 1. The third kappa shape index (κ3) is 1.92. The molecule has 1 unspecified atom stereocenters. The zero-order chi connectivity index (χ0) is 15.7. The Morgan fingerprint density at radius 1 is 1.14 bits per heavy atom. The van der Waals surface area contributed by atoms with Gasteiger partial charge in [-0.1, -0.05) is 13.8 Å². The Morgan fingerprint density at radius 3 is 2.68 bits per heavy atom. The molecule has 4 fully saturated rings. The molecule has 0 aromatic rings. The van der Waals surface area contributed by atoms with Crippen LogP contribution in [0.15, 0.2) is 0 Å². The Hall–Kier alpha value is -0.0800. The SMILES string of the molecule is C[C@]12CC[C@@H](O)C[C@@H]1CC[C@@H]1[C@@H]2CC[C@]2(C)C(=O)CC(Cl)[C@@H]12. The first kappa shape index (κ1) is 15.4. The van der Waals surface area contributed by atoms with Crippen molar-refractivity contribution in [2.75, 3.05) is 0 Å². The largest absolute Gasteiger partial charge is 0.393 e. The highest BCUT2D eigenvalue weighted by Gasteiger charge is 2.62. The molecule has 0 bridgehead atoms. The van der Waals surface area contributed by atoms with Gasteiger partial charge in [0.05, 0.1) is 6.10 Å². The maximum Gasteiger partial charge on any atom is 0.140 e. The average Bonchev–Trinajstić information content (AvgIpc) is 2.70. The number of alkyl halides is 1. The summed E-state index contributed by atoms with van der Waals surface area (Å²) < 4.78 is 0. The van der Waals surface area contributed by atoms with Gasteiger partial charge in [0.1, 0.15) is 5.78 Å². The van der Waals surface area contributed by atoms with E-state index in [1.807, 2.05) is 0 Å². The van der Waals surface area contributed by atoms with Crippen LogP contribution in [0, 0.1) is 34.5 Å². The molecule has 4 aliphatic rings. The van der Waals surface area contributed by atoms with Crippen molar-refractivity contribution in [3.8, 4) is 0 Å². The topological polar surface area (TPSA) is 37.3 Å². The van der Waals surface area contributed by atoms with Crippen molar-refractivity contribution in [2.24, 2.45) is 34.5 Å². The highest BCUT2D eigenvalue weighted by atomic mass is 35.5. The van der Waals surface area contributed by atoms with Crippen LogP contribution >= 0.6 is 11.6 Å². The number of carbonyl (C=O) groups is 1. The zero-order valence-corrected chi connectivity index (χ0v) is 14.6. The second-order valence-electron chi connectivity index (χ2n) is 9.10. The van der Waals surface area contributed by atoms with Gasteiger partial charge < -0.3 is 5.11 Å². The molecule has 0 aliphatic heterocycles. The molecule has 124 valence electrons. The normalized spacial score (nSPS) is 57.9. The zero-order valence-electron chi connectivity index (χ0n) is 13.9. The monoisotopic (exact) mass is 324 g/mol. The Morgan fingerprint density at radius 2 is 1.91 bits per heavy atom. The van der Waals surface area contributed by atoms with E-state index in [0.29, 0.717) is 41.3 Å². The second-order valence-corrected chi connectivity index (χ2v) is 9.66. The van der Waals surface area contributed by atoms with Crippen molar-refractivity contribution in [1.82, 2.24) is 0 Å². The molecule has 0 saturated heterocycles. The third-order valence-electron chi connectivity index (χ3n) is 8.30. The summed E-state index contributed by atoms with van der Waals surface area (Å²) in [5, 5.41) is 10.1. The van der Waals surface area contributed by atoms with Gasteiger partial charge in [0.15, 0.2) is 0 Å². The predicted octanol–water partition coefficient (Wildman–Crippen LogP) is 4.18. The number of rotatable bonds is 0. The van der Waals surface area contributed by atoms with Crippen LogP contribution < -0.4 is 0 Å². The molecule has 2 nitrogen and oxygen atoms in total. The first-order valence-corrected chi connectivity index (χ1v) is 9.65. The van der Waals surface area contributed by atoms with Crippen molar-refractivity contribution >= 4 is 17.4 Å². The molecule has 0 spiro atoms. The van der Waals surface area contributed by atoms with Crippen LogP contribution in [-0.4, -0.2) is 22.4 Å². The third-order valence-corrected chi connectivity index (χ3v) is 8.72. The summed E-state index contributed by atoms with van der Waals surface area (Å²) in [7, 11) is 0. The average molecular weight is 325 g/mol. The molecule has 0 heterocycles. The van der Waals surface area contributed by atoms with Gasteiger partial charge >= 0.3 is 0 Å². The van der Waals surface area contributed by atoms with Crippen molar-refractivity contribution in [3.63, 3.8) is 0 Å². The number of aliphatic hydroxyl groups is 1. The molecule has 22 heavy (non-hydrogen) atoms. The van der Waals surface area contributed by atoms with Crippen LogP contribution in [0.25, 0.3) is 0 Å². The molecule has 1 N–H and O–H groups in total. The molecule has 0 aromatic carbocycles. The molecule has 8 atom stereocenters. The van der Waals surface area contributed by atoms with Crippen LogP contribution in [0.1, 0.15) is 65.2 Å². The summed E-state index contributed by atoms with van der Waals surface area (Å²) in [4.78, 5) is 12.5. The standard InChI is InChI=1S/C19H29ClO2/c1-18-7-5-12(21)9-11(18)3-4-13-14(18)6-8-19(2)16(22)10-15(20)17(13)19/h11-15,17,21H,3-10H2,1-2H3/t11-,12+,13+,14-,15?,17+,18-,19+/m0/s1. The van der Waals surface area contributed by atoms with E-state index in [1.165, 1.54) is 19.3 Å². The van der Waals surface area contributed by atoms with Gasteiger partial charge in [-0.15, -0.1) is 11.6 Å². The fourth-order valence-corrected chi connectivity index (χ4v) is 7.62. The van der Waals surface area contributed by atoms with Crippen molar-refractivity contribution in [1.29, 1.82) is 0 Å². The van der Waals surface area contributed by atoms with Crippen LogP contribution in [-0.2, 0) is 4.79 Å². The predicted molar refractivity (Wildman–Crippen MR) is 87.8 cm³/mol. The summed E-state index contributed by atoms with van der Waals surface area (Å²) in [6, 6.07) is 0. The molecule has 3 heteroatoms. The van der Waals surface area contributed by atoms with Crippen LogP contribution in [0.5, 0.6) is 0 Å². The van der Waals surface area contributed by atoms with Gasteiger partial charge in [0.25, 0.3) is 0 Å². The summed E-state index contributed by atoms with van der Waals surface area (Å²) in [5.74, 6) is 2.83. The minimum atomic E-state index is -0.148. The van der Waals surface area contributed by atoms with E-state index in [4.69, 9.17) is 11.6 Å². The fraction of sp³-hybridized carbons (Fsp3) is 0.947. The fourth-order valence-electron chi connectivity index (χ4n) is 7.01. The molecule has 4 rings (SSSR count). The second kappa shape index (κ2) is 4.96. The number of ketones is 1. The van der Waals surface area contributed by atoms with Gasteiger partial charge in [-0.3, -0.25) is 4.79 Å². The Bertz CT molecular complexity index is 492. The first-order valence-electron chi connectivity index (χ1n) is 9.21. The minimum Gasteiger partial charge on any atom is -0.393 e. The lowest BCUT2D eigenvalue weighted by molar-refractivity contribution is -0.142. The summed E-state index contributed by atoms with van der Waals surface area (Å²) in [5.41, 5.74) is 0.219. The van der Waals surface area contributed by atoms with E-state index in [0.717, 1.165) is 25.7 Å². The van der Waals surface area contributed by atoms with E-state index in [-0.39, 0.29) is 16.9 Å². The molecule has 4 aliphatic carbocycles. The molecule has 4 saturated carbocycles. The summed E-state index contributed by atoms with van der Waals surface area (Å²) >= 11 is 6.67. The Kier molecular flexibility index (Phi) is 3.48. The maximum atomic E-state index is 12.5. The van der Waals surface area contributed by atoms with Gasteiger partial charge in [-0.05, 0) is 74.0 Å². The summed E-state index contributed by atoms with van der Waals surface area (Å²) in [6.07, 6.45) is 8.27. The number of hydrogen-bond donors (Lipinski definition) is 1. The maximum absolute atomic E-state index is 12.5. The van der Waals surface area contributed by atoms with Crippen molar-refractivity contribution in [2.45, 2.75) is 76.7 Å². The highest BCUT2D eigenvalue weighted by molar-refractivity contribution is 6.23. The molecule has 0 aromatic heterocycles. The van der Waals surface area contributed by atoms with Gasteiger partial charge in [-0.25, -0.2) is 0 Å². The van der Waals surface area contributed by atoms with Crippen LogP contribution in [0.4, 0.5) is 0 Å². The smallest absolute Gasteiger partial charge is 0.140 e. The van der Waals surface area contributed by atoms with Gasteiger partial charge in [0, 0.05) is 17.2 Å². The van der Waals surface area contributed by atoms with E-state index >= 15 is 0 Å². The lowest BCUT2D eigenvalue weighted by Crippen LogP contribution is -2.55. The minimum absolute atomic E-state index is 0.0552. The lowest BCUT2D eigenvalue weighted by Gasteiger charge is -2.60. The van der Waals surface area contributed by atoms with E-state index in [1.54, 1.807) is 0 Å². The molecular weight excluding hydrogens is 296 g/mol. The first-order chi connectivity index (χ1) is 10.4. The molecule has 0 amide bonds. The number of hydrogen-bond acceptors (Lipinski definition) is 2. The van der Waals surface area contributed by atoms with Crippen LogP contribution in [0.2, 0.25) is 0 Å². The number of fused-ring (bicyclic) bond motifs is 5. The summed E-state index contributed by atoms with van der Waals surface area (Å²) in [6.45, 7) is 4.67. The van der Waals surface area contributed by atoms with Crippen molar-refractivity contribution in [3.05, 3.63) is 0 Å². The Balaban J connectivity index is 1.66. The molecular formula is C19H29ClO2. The lowest BCUT2D eigenvalue weighted by atomic mass is 9.45. The number of aliphatic hydroxyl groups excluding tert-OH is 1. The van der Waals surface area contributed by atoms with E-state index in [2.05, 4.69) is 13.8 Å². The number of halogens is 1.